The van der Waals surface area contributed by atoms with Crippen molar-refractivity contribution in [2.24, 2.45) is 0 Å². The minimum Gasteiger partial charge on any atom is -0.0622 e. The van der Waals surface area contributed by atoms with Gasteiger partial charge in [0.15, 0.2) is 0 Å². The van der Waals surface area contributed by atoms with Crippen LogP contribution < -0.4 is 0 Å². The number of hydrogen-bond acceptors (Lipinski definition) is 0. The van der Waals surface area contributed by atoms with E-state index in [1.807, 2.05) is 78.9 Å². The lowest BCUT2D eigenvalue weighted by Gasteiger charge is -2.22. The third-order valence-electron chi connectivity index (χ3n) is 10.7. The van der Waals surface area contributed by atoms with Crippen LogP contribution in [0.4, 0.5) is 0 Å². The van der Waals surface area contributed by atoms with E-state index < -0.39 is 109 Å². The van der Waals surface area contributed by atoms with E-state index in [4.69, 9.17) is 12.3 Å². The molecule has 0 spiro atoms. The molecule has 0 fully saturated rings. The van der Waals surface area contributed by atoms with Crippen molar-refractivity contribution in [3.05, 3.63) is 205 Å². The maximum absolute atomic E-state index is 9.93. The summed E-state index contributed by atoms with van der Waals surface area (Å²) in [6, 6.07) is 17.1. The van der Waals surface area contributed by atoms with Gasteiger partial charge in [-0.3, -0.25) is 0 Å². The number of benzene rings is 12. The van der Waals surface area contributed by atoms with Crippen LogP contribution in [-0.4, -0.2) is 0 Å². The summed E-state index contributed by atoms with van der Waals surface area (Å²) in [5.74, 6) is 0. The Balaban J connectivity index is 1.28. The van der Waals surface area contributed by atoms with Crippen molar-refractivity contribution in [1.82, 2.24) is 0 Å². The zero-order chi connectivity index (χ0) is 51.7. The van der Waals surface area contributed by atoms with E-state index >= 15 is 0 Å². The smallest absolute Gasteiger partial charge is 0.0622 e. The van der Waals surface area contributed by atoms with Crippen molar-refractivity contribution >= 4 is 75.4 Å². The van der Waals surface area contributed by atoms with E-state index in [0.717, 1.165) is 10.8 Å². The first kappa shape index (κ1) is 17.9. The van der Waals surface area contributed by atoms with E-state index in [2.05, 4.69) is 0 Å². The zero-order valence-corrected chi connectivity index (χ0v) is 28.8. The Morgan fingerprint density at radius 3 is 1.60 bits per heavy atom. The van der Waals surface area contributed by atoms with Gasteiger partial charge < -0.3 is 0 Å². The second-order valence-electron chi connectivity index (χ2n) is 13.8. The Bertz CT molecular complexity index is 4440. The Labute approximate surface area is 344 Å². The van der Waals surface area contributed by atoms with Crippen molar-refractivity contribution in [3.63, 3.8) is 0 Å². The minimum absolute atomic E-state index is 0.00326. The minimum atomic E-state index is -0.594. The summed E-state index contributed by atoms with van der Waals surface area (Å²) in [4.78, 5) is 0. The predicted octanol–water partition coefficient (Wildman–Crippen LogP) is 15.2. The summed E-state index contributed by atoms with van der Waals surface area (Å²) >= 11 is 0. The molecule has 55 heavy (non-hydrogen) atoms. The molecule has 254 valence electrons. The normalized spacial score (nSPS) is 16.7. The second-order valence-corrected chi connectivity index (χ2v) is 13.8. The lowest BCUT2D eigenvalue weighted by atomic mass is 9.82. The highest BCUT2D eigenvalue weighted by atomic mass is 14.2. The molecule has 0 unspecified atom stereocenters. The SMILES string of the molecule is [2H]c1c([2H])c2c([2H])c([2H])c3c([2H])c([2H])c(Cc4cc(-c5ccccc5)c(-c5ccc6ccccc6c5)c(-c5c([2H])c([2H])c6c([2H])c([2H])c7c([2H])c([2H])c([2H])c8c([2H])c([2H])c5c6c78)c4)c4c([2H])c([2H])c(c1[2H])c2c34. The summed E-state index contributed by atoms with van der Waals surface area (Å²) in [5.41, 5.74) is 3.06. The number of hydrogen-bond donors (Lipinski definition) is 0. The Hall–Kier alpha value is -7.02. The molecule has 0 radical (unpaired) electrons. The Morgan fingerprint density at radius 2 is 0.891 bits per heavy atom. The van der Waals surface area contributed by atoms with Gasteiger partial charge in [0, 0.05) is 0 Å². The average Bonchev–Trinajstić information content (AvgIpc) is 3.38. The molecule has 0 nitrogen and oxygen atoms in total. The van der Waals surface area contributed by atoms with Crippen LogP contribution in [0.5, 0.6) is 0 Å². The lowest BCUT2D eigenvalue weighted by Crippen LogP contribution is -1.98. The van der Waals surface area contributed by atoms with E-state index in [1.165, 1.54) is 0 Å². The van der Waals surface area contributed by atoms with E-state index in [-0.39, 0.29) is 87.7 Å². The Kier molecular flexibility index (Phi) is 3.81. The van der Waals surface area contributed by atoms with Crippen LogP contribution in [0.1, 0.15) is 35.8 Å². The summed E-state index contributed by atoms with van der Waals surface area (Å²) < 4.78 is 166. The number of rotatable bonds is 5. The molecule has 0 N–H and O–H groups in total. The lowest BCUT2D eigenvalue weighted by molar-refractivity contribution is 1.22. The molecule has 0 amide bonds. The van der Waals surface area contributed by atoms with Crippen LogP contribution in [0.15, 0.2) is 194 Å². The van der Waals surface area contributed by atoms with E-state index in [1.54, 1.807) is 6.07 Å². The highest BCUT2D eigenvalue weighted by Gasteiger charge is 2.21. The fourth-order valence-electron chi connectivity index (χ4n) is 8.22. The monoisotopic (exact) mass is 712 g/mol. The van der Waals surface area contributed by atoms with Crippen LogP contribution >= 0.6 is 0 Å². The third kappa shape index (κ3) is 4.65. The van der Waals surface area contributed by atoms with Gasteiger partial charge in [-0.1, -0.05) is 188 Å². The highest BCUT2D eigenvalue weighted by molar-refractivity contribution is 6.26. The van der Waals surface area contributed by atoms with Crippen LogP contribution in [0, 0.1) is 0 Å². The highest BCUT2D eigenvalue weighted by Crippen LogP contribution is 2.47. The Morgan fingerprint density at radius 1 is 0.345 bits per heavy atom. The van der Waals surface area contributed by atoms with Crippen molar-refractivity contribution in [2.45, 2.75) is 6.42 Å². The van der Waals surface area contributed by atoms with Gasteiger partial charge in [0.2, 0.25) is 0 Å². The fraction of sp³-hybridized carbons (Fsp3) is 0.0182. The summed E-state index contributed by atoms with van der Waals surface area (Å²) in [6.07, 6.45) is -0.249. The van der Waals surface area contributed by atoms with Gasteiger partial charge in [-0.15, -0.1) is 0 Å². The number of fused-ring (bicyclic) bond motifs is 1. The molecule has 0 heteroatoms. The maximum atomic E-state index is 9.93. The van der Waals surface area contributed by atoms with Crippen molar-refractivity contribution in [1.29, 1.82) is 0 Å². The van der Waals surface area contributed by atoms with Gasteiger partial charge in [0.1, 0.15) is 0 Å². The van der Waals surface area contributed by atoms with Gasteiger partial charge in [-0.2, -0.15) is 0 Å². The summed E-state index contributed by atoms with van der Waals surface area (Å²) in [7, 11) is 0. The first-order valence-corrected chi connectivity index (χ1v) is 17.8. The first-order valence-electron chi connectivity index (χ1n) is 26.8. The van der Waals surface area contributed by atoms with Crippen LogP contribution in [0.2, 0.25) is 0 Å². The molecular weight excluding hydrogens is 661 g/mol. The predicted molar refractivity (Wildman–Crippen MR) is 237 cm³/mol. The summed E-state index contributed by atoms with van der Waals surface area (Å²) in [6.45, 7) is 0. The fourth-order valence-corrected chi connectivity index (χ4v) is 8.22. The quantitative estimate of drug-likeness (QED) is 0.156. The molecule has 12 rings (SSSR count). The molecule has 0 aliphatic heterocycles. The van der Waals surface area contributed by atoms with Crippen molar-refractivity contribution in [3.8, 4) is 33.4 Å². The topological polar surface area (TPSA) is 0 Å². The molecule has 0 aliphatic carbocycles. The van der Waals surface area contributed by atoms with Gasteiger partial charge in [0.05, 0.1) is 24.7 Å². The van der Waals surface area contributed by atoms with Gasteiger partial charge >= 0.3 is 0 Å². The van der Waals surface area contributed by atoms with Crippen LogP contribution in [0.25, 0.3) is 109 Å². The standard InChI is InChI=1S/C55H34/c1-2-9-36(10-3-1)49-31-34(30-44-22-21-41-19-17-37-12-6-14-39-24-27-46(44)54(41)51(37)39)32-50(53(49)45-23-16-35-8-4-5-11-43(35)33-45)47-28-25-42-20-18-38-13-7-15-40-26-29-48(47)55(42)52(38)40/h1-29,31-33H,30H2/i6D,7D,12D,13D,14D,15D,17D,18D,19D,20D,21D,22D,24D,25D,26D,27D,28D,29D. The molecule has 0 aromatic heterocycles. The second kappa shape index (κ2) is 11.7. The first-order chi connectivity index (χ1) is 34.8. The maximum Gasteiger partial charge on any atom is 0.0630 e. The zero-order valence-electron chi connectivity index (χ0n) is 46.8. The van der Waals surface area contributed by atoms with Gasteiger partial charge in [0.25, 0.3) is 0 Å². The van der Waals surface area contributed by atoms with Crippen LogP contribution in [0.3, 0.4) is 0 Å². The average molecular weight is 713 g/mol. The van der Waals surface area contributed by atoms with Gasteiger partial charge in [-0.05, 0) is 132 Å². The molecule has 12 aromatic carbocycles. The third-order valence-corrected chi connectivity index (χ3v) is 10.7. The van der Waals surface area contributed by atoms with Gasteiger partial charge in [-0.25, -0.2) is 0 Å². The molecule has 0 saturated carbocycles. The molecule has 12 aromatic rings. The van der Waals surface area contributed by atoms with E-state index in [9.17, 15) is 12.3 Å². The van der Waals surface area contributed by atoms with Crippen LogP contribution in [-0.2, 0) is 6.42 Å². The summed E-state index contributed by atoms with van der Waals surface area (Å²) in [5, 5.41) is 0.591. The molecule has 0 heterocycles. The van der Waals surface area contributed by atoms with Crippen molar-refractivity contribution < 1.29 is 24.7 Å². The largest absolute Gasteiger partial charge is 0.0630 e. The van der Waals surface area contributed by atoms with E-state index in [0.29, 0.717) is 27.8 Å². The van der Waals surface area contributed by atoms with Crippen molar-refractivity contribution in [2.75, 3.05) is 0 Å². The molecule has 0 aliphatic rings. The molecule has 0 saturated heterocycles. The molecule has 0 atom stereocenters. The molecular formula is C55H34. The molecule has 0 bridgehead atoms.